The van der Waals surface area contributed by atoms with Crippen LogP contribution in [0.2, 0.25) is 5.15 Å². The average molecular weight is 215 g/mol. The van der Waals surface area contributed by atoms with E-state index in [4.69, 9.17) is 16.3 Å². The molecule has 6 heteroatoms. The largest absolute Gasteiger partial charge is 0.489 e. The third kappa shape index (κ3) is 1.93. The number of rotatable bonds is 3. The van der Waals surface area contributed by atoms with Crippen molar-refractivity contribution in [3.63, 3.8) is 0 Å². The average Bonchev–Trinajstić information content (AvgIpc) is 2.92. The molecule has 0 amide bonds. The lowest BCUT2D eigenvalue weighted by molar-refractivity contribution is -0.385. The van der Waals surface area contributed by atoms with E-state index in [1.165, 1.54) is 12.3 Å². The molecule has 0 atom stereocenters. The van der Waals surface area contributed by atoms with Gasteiger partial charge in [0.05, 0.1) is 23.3 Å². The first-order valence-electron chi connectivity index (χ1n) is 4.13. The second-order valence-corrected chi connectivity index (χ2v) is 3.41. The molecule has 1 aromatic heterocycles. The Kier molecular flexibility index (Phi) is 2.25. The first kappa shape index (κ1) is 9.21. The van der Waals surface area contributed by atoms with E-state index in [1.54, 1.807) is 0 Å². The summed E-state index contributed by atoms with van der Waals surface area (Å²) in [4.78, 5) is 13.6. The first-order valence-corrected chi connectivity index (χ1v) is 4.51. The Morgan fingerprint density at radius 2 is 2.36 bits per heavy atom. The summed E-state index contributed by atoms with van der Waals surface area (Å²) in [5.41, 5.74) is -0.218. The topological polar surface area (TPSA) is 65.3 Å². The Hall–Kier alpha value is -1.36. The predicted molar refractivity (Wildman–Crippen MR) is 49.6 cm³/mol. The van der Waals surface area contributed by atoms with Crippen molar-refractivity contribution in [1.82, 2.24) is 4.98 Å². The van der Waals surface area contributed by atoms with Crippen LogP contribution in [0.4, 0.5) is 5.69 Å². The van der Waals surface area contributed by atoms with Crippen LogP contribution >= 0.6 is 11.6 Å². The van der Waals surface area contributed by atoms with Crippen LogP contribution in [0.1, 0.15) is 12.8 Å². The van der Waals surface area contributed by atoms with E-state index in [9.17, 15) is 10.1 Å². The van der Waals surface area contributed by atoms with Crippen LogP contribution < -0.4 is 4.74 Å². The van der Waals surface area contributed by atoms with Gasteiger partial charge in [-0.25, -0.2) is 4.98 Å². The summed E-state index contributed by atoms with van der Waals surface area (Å²) < 4.78 is 5.35. The van der Waals surface area contributed by atoms with Gasteiger partial charge in [-0.3, -0.25) is 10.1 Å². The summed E-state index contributed by atoms with van der Waals surface area (Å²) in [6.07, 6.45) is 3.58. The van der Waals surface area contributed by atoms with E-state index in [-0.39, 0.29) is 16.9 Å². The maximum atomic E-state index is 10.5. The molecule has 0 aromatic carbocycles. The third-order valence-corrected chi connectivity index (χ3v) is 2.11. The van der Waals surface area contributed by atoms with Gasteiger partial charge in [-0.15, -0.1) is 0 Å². The molecular formula is C8H7ClN2O3. The van der Waals surface area contributed by atoms with Crippen LogP contribution in [0, 0.1) is 10.1 Å². The summed E-state index contributed by atoms with van der Waals surface area (Å²) in [5.74, 6) is 0.406. The molecule has 5 nitrogen and oxygen atoms in total. The van der Waals surface area contributed by atoms with Gasteiger partial charge in [-0.2, -0.15) is 0 Å². The molecular weight excluding hydrogens is 208 g/mol. The Balaban J connectivity index is 2.24. The monoisotopic (exact) mass is 214 g/mol. The molecule has 1 fully saturated rings. The lowest BCUT2D eigenvalue weighted by atomic mass is 10.4. The van der Waals surface area contributed by atoms with Crippen LogP contribution in [-0.2, 0) is 0 Å². The summed E-state index contributed by atoms with van der Waals surface area (Å²) in [6.45, 7) is 0. The Morgan fingerprint density at radius 1 is 1.64 bits per heavy atom. The van der Waals surface area contributed by atoms with Crippen molar-refractivity contribution >= 4 is 17.3 Å². The molecule has 0 unspecified atom stereocenters. The van der Waals surface area contributed by atoms with E-state index in [2.05, 4.69) is 4.98 Å². The van der Waals surface area contributed by atoms with Gasteiger partial charge in [0.2, 0.25) is 5.15 Å². The third-order valence-electron chi connectivity index (χ3n) is 1.82. The van der Waals surface area contributed by atoms with Crippen molar-refractivity contribution in [2.24, 2.45) is 0 Å². The normalized spacial score (nSPS) is 15.2. The molecule has 0 radical (unpaired) electrons. The number of nitro groups is 1. The quantitative estimate of drug-likeness (QED) is 0.440. The van der Waals surface area contributed by atoms with Crippen LogP contribution in [0.3, 0.4) is 0 Å². The molecule has 0 saturated heterocycles. The smallest absolute Gasteiger partial charge is 0.310 e. The molecule has 0 bridgehead atoms. The van der Waals surface area contributed by atoms with Crippen molar-refractivity contribution in [1.29, 1.82) is 0 Å². The van der Waals surface area contributed by atoms with Crippen molar-refractivity contribution in [3.05, 3.63) is 27.5 Å². The lowest BCUT2D eigenvalue weighted by Gasteiger charge is -2.03. The van der Waals surface area contributed by atoms with E-state index >= 15 is 0 Å². The number of nitrogens with zero attached hydrogens (tertiary/aromatic N) is 2. The molecule has 1 aliphatic rings. The number of pyridine rings is 1. The van der Waals surface area contributed by atoms with Gasteiger partial charge in [0.15, 0.2) is 0 Å². The maximum Gasteiger partial charge on any atom is 0.310 e. The summed E-state index contributed by atoms with van der Waals surface area (Å²) in [5, 5.41) is 10.4. The highest BCUT2D eigenvalue weighted by molar-refractivity contribution is 6.31. The second kappa shape index (κ2) is 3.42. The molecule has 14 heavy (non-hydrogen) atoms. The fourth-order valence-electron chi connectivity index (χ4n) is 0.989. The zero-order chi connectivity index (χ0) is 10.1. The van der Waals surface area contributed by atoms with Crippen molar-refractivity contribution in [3.8, 4) is 5.75 Å². The number of hydrogen-bond donors (Lipinski definition) is 0. The highest BCUT2D eigenvalue weighted by Crippen LogP contribution is 2.30. The van der Waals surface area contributed by atoms with Gasteiger partial charge in [0.25, 0.3) is 0 Å². The van der Waals surface area contributed by atoms with Crippen LogP contribution in [-0.4, -0.2) is 16.0 Å². The predicted octanol–water partition coefficient (Wildman–Crippen LogP) is 2.18. The van der Waals surface area contributed by atoms with Crippen molar-refractivity contribution < 1.29 is 9.66 Å². The minimum absolute atomic E-state index is 0.113. The van der Waals surface area contributed by atoms with Gasteiger partial charge < -0.3 is 4.74 Å². The van der Waals surface area contributed by atoms with Crippen LogP contribution in [0.25, 0.3) is 0 Å². The second-order valence-electron chi connectivity index (χ2n) is 3.06. The Morgan fingerprint density at radius 3 is 2.93 bits per heavy atom. The molecule has 1 aliphatic carbocycles. The molecule has 1 saturated carbocycles. The minimum atomic E-state index is -0.574. The highest BCUT2D eigenvalue weighted by atomic mass is 35.5. The summed E-state index contributed by atoms with van der Waals surface area (Å²) in [6, 6.07) is 1.30. The van der Waals surface area contributed by atoms with Gasteiger partial charge in [-0.05, 0) is 12.8 Å². The molecule has 0 spiro atoms. The molecule has 1 heterocycles. The molecule has 2 rings (SSSR count). The van der Waals surface area contributed by atoms with Crippen LogP contribution in [0.5, 0.6) is 5.75 Å². The Bertz CT molecular complexity index is 379. The fourth-order valence-corrected chi connectivity index (χ4v) is 1.16. The van der Waals surface area contributed by atoms with E-state index in [0.29, 0.717) is 5.75 Å². The van der Waals surface area contributed by atoms with Gasteiger partial charge in [0, 0.05) is 0 Å². The summed E-state index contributed by atoms with van der Waals surface area (Å²) in [7, 11) is 0. The van der Waals surface area contributed by atoms with Crippen molar-refractivity contribution in [2.45, 2.75) is 18.9 Å². The van der Waals surface area contributed by atoms with Crippen molar-refractivity contribution in [2.75, 3.05) is 0 Å². The molecule has 0 aliphatic heterocycles. The molecule has 1 aromatic rings. The van der Waals surface area contributed by atoms with Gasteiger partial charge in [-0.1, -0.05) is 11.6 Å². The maximum absolute atomic E-state index is 10.5. The zero-order valence-corrected chi connectivity index (χ0v) is 7.90. The first-order chi connectivity index (χ1) is 6.66. The van der Waals surface area contributed by atoms with Gasteiger partial charge in [0.1, 0.15) is 5.75 Å². The van der Waals surface area contributed by atoms with Gasteiger partial charge >= 0.3 is 5.69 Å². The van der Waals surface area contributed by atoms with Crippen LogP contribution in [0.15, 0.2) is 12.3 Å². The standard InChI is InChI=1S/C8H7ClN2O3/c9-8-7(11(12)13)3-6(4-10-8)14-5-1-2-5/h3-5H,1-2H2. The Labute approximate surface area is 84.8 Å². The SMILES string of the molecule is O=[N+]([O-])c1cc(OC2CC2)cnc1Cl. The minimum Gasteiger partial charge on any atom is -0.489 e. The molecule has 0 N–H and O–H groups in total. The highest BCUT2D eigenvalue weighted by Gasteiger charge is 2.25. The number of ether oxygens (including phenoxy) is 1. The number of aromatic nitrogens is 1. The summed E-state index contributed by atoms with van der Waals surface area (Å²) >= 11 is 5.54. The van der Waals surface area contributed by atoms with E-state index in [0.717, 1.165) is 12.8 Å². The zero-order valence-electron chi connectivity index (χ0n) is 7.14. The van der Waals surface area contributed by atoms with E-state index < -0.39 is 4.92 Å². The van der Waals surface area contributed by atoms with E-state index in [1.807, 2.05) is 0 Å². The number of hydrogen-bond acceptors (Lipinski definition) is 4. The lowest BCUT2D eigenvalue weighted by Crippen LogP contribution is -1.98. The molecule has 74 valence electrons. The fraction of sp³-hybridized carbons (Fsp3) is 0.375. The number of halogens is 1.